The molecule has 7 heavy (non-hydrogen) atoms. The highest BCUT2D eigenvalue weighted by atomic mass is 14.6. The van der Waals surface area contributed by atoms with Gasteiger partial charge in [-0.3, -0.25) is 0 Å². The molecule has 0 rings (SSSR count). The van der Waals surface area contributed by atoms with Gasteiger partial charge in [0.25, 0.3) is 0 Å². The molecule has 0 aromatic rings. The molecular formula is C5H12N2. The lowest BCUT2D eigenvalue weighted by Gasteiger charge is -1.91. The summed E-state index contributed by atoms with van der Waals surface area (Å²) in [6.07, 6.45) is 3.43. The lowest BCUT2D eigenvalue weighted by atomic mass is 10.3. The van der Waals surface area contributed by atoms with Gasteiger partial charge in [0.05, 0.1) is 0 Å². The van der Waals surface area contributed by atoms with Crippen LogP contribution in [0.25, 0.3) is 0 Å². The Labute approximate surface area is 44.2 Å². The van der Waals surface area contributed by atoms with E-state index in [1.165, 1.54) is 6.20 Å². The van der Waals surface area contributed by atoms with Crippen molar-refractivity contribution in [3.8, 4) is 0 Å². The van der Waals surface area contributed by atoms with Crippen LogP contribution in [0.5, 0.6) is 0 Å². The highest BCUT2D eigenvalue weighted by Gasteiger charge is 1.80. The molecule has 0 amide bonds. The van der Waals surface area contributed by atoms with Crippen LogP contribution in [0.2, 0.25) is 0 Å². The largest absolute Gasteiger partial charge is 0.403 e. The van der Waals surface area contributed by atoms with E-state index in [1.807, 2.05) is 0 Å². The minimum absolute atomic E-state index is 0.780. The Balaban J connectivity index is 3.17. The Morgan fingerprint density at radius 1 is 1.71 bits per heavy atom. The van der Waals surface area contributed by atoms with Crippen LogP contribution in [0.1, 0.15) is 19.8 Å². The van der Waals surface area contributed by atoms with E-state index in [-0.39, 0.29) is 0 Å². The van der Waals surface area contributed by atoms with E-state index >= 15 is 0 Å². The third kappa shape index (κ3) is 3.16. The van der Waals surface area contributed by atoms with E-state index in [1.54, 1.807) is 0 Å². The molecule has 0 bridgehead atoms. The molecule has 42 valence electrons. The Morgan fingerprint density at radius 3 is 2.43 bits per heavy atom. The van der Waals surface area contributed by atoms with Gasteiger partial charge < -0.3 is 11.5 Å². The van der Waals surface area contributed by atoms with Crippen molar-refractivity contribution in [2.24, 2.45) is 11.5 Å². The Kier molecular flexibility index (Phi) is 3.19. The first-order valence-corrected chi connectivity index (χ1v) is 2.47. The molecule has 0 aromatic heterocycles. The highest BCUT2D eigenvalue weighted by molar-refractivity contribution is 4.91. The molecule has 2 nitrogen and oxygen atoms in total. The number of rotatable bonds is 2. The van der Waals surface area contributed by atoms with Gasteiger partial charge in [0.1, 0.15) is 0 Å². The van der Waals surface area contributed by atoms with Crippen molar-refractivity contribution >= 4 is 0 Å². The van der Waals surface area contributed by atoms with E-state index in [9.17, 15) is 0 Å². The minimum atomic E-state index is 0.780. The molecule has 0 unspecified atom stereocenters. The van der Waals surface area contributed by atoms with Gasteiger partial charge >= 0.3 is 0 Å². The highest BCUT2D eigenvalue weighted by Crippen LogP contribution is 1.92. The second-order valence-electron chi connectivity index (χ2n) is 1.49. The first kappa shape index (κ1) is 6.34. The van der Waals surface area contributed by atoms with E-state index in [4.69, 9.17) is 11.5 Å². The van der Waals surface area contributed by atoms with Gasteiger partial charge in [-0.2, -0.15) is 0 Å². The molecule has 2 heteroatoms. The summed E-state index contributed by atoms with van der Waals surface area (Å²) >= 11 is 0. The maximum absolute atomic E-state index is 5.32. The molecule has 0 fully saturated rings. The van der Waals surface area contributed by atoms with Crippen LogP contribution < -0.4 is 11.5 Å². The maximum Gasteiger partial charge on any atom is 0.0238 e. The Morgan fingerprint density at radius 2 is 2.29 bits per heavy atom. The fourth-order valence-corrected chi connectivity index (χ4v) is 0.372. The van der Waals surface area contributed by atoms with Crippen molar-refractivity contribution in [2.45, 2.75) is 19.8 Å². The third-order valence-electron chi connectivity index (χ3n) is 0.753. The molecule has 0 spiro atoms. The number of hydrogen-bond donors (Lipinski definition) is 2. The summed E-state index contributed by atoms with van der Waals surface area (Å²) in [6.45, 7) is 2.07. The molecule has 0 radical (unpaired) electrons. The van der Waals surface area contributed by atoms with E-state index in [0.29, 0.717) is 0 Å². The summed E-state index contributed by atoms with van der Waals surface area (Å²) < 4.78 is 0. The van der Waals surface area contributed by atoms with Crippen LogP contribution >= 0.6 is 0 Å². The average Bonchev–Trinajstić information content (AvgIpc) is 1.68. The van der Waals surface area contributed by atoms with Gasteiger partial charge in [-0.05, 0) is 6.42 Å². The fraction of sp³-hybridized carbons (Fsp3) is 0.600. The van der Waals surface area contributed by atoms with Crippen molar-refractivity contribution in [1.82, 2.24) is 0 Å². The van der Waals surface area contributed by atoms with Crippen LogP contribution in [0.3, 0.4) is 0 Å². The monoisotopic (exact) mass is 100 g/mol. The SMILES string of the molecule is CCCC(N)=CN. The summed E-state index contributed by atoms with van der Waals surface area (Å²) in [6, 6.07) is 0. The first-order chi connectivity index (χ1) is 3.31. The molecule has 0 saturated carbocycles. The summed E-state index contributed by atoms with van der Waals surface area (Å²) in [5.74, 6) is 0. The van der Waals surface area contributed by atoms with Crippen molar-refractivity contribution in [1.29, 1.82) is 0 Å². The average molecular weight is 100 g/mol. The molecular weight excluding hydrogens is 88.1 g/mol. The smallest absolute Gasteiger partial charge is 0.0238 e. The van der Waals surface area contributed by atoms with Crippen molar-refractivity contribution in [2.75, 3.05) is 0 Å². The molecule has 0 aliphatic carbocycles. The second-order valence-corrected chi connectivity index (χ2v) is 1.49. The van der Waals surface area contributed by atoms with Crippen LogP contribution in [-0.4, -0.2) is 0 Å². The molecule has 4 N–H and O–H groups in total. The zero-order valence-electron chi connectivity index (χ0n) is 4.65. The van der Waals surface area contributed by atoms with Crippen molar-refractivity contribution in [3.05, 3.63) is 11.9 Å². The van der Waals surface area contributed by atoms with Crippen LogP contribution in [0, 0.1) is 0 Å². The van der Waals surface area contributed by atoms with Crippen molar-refractivity contribution in [3.63, 3.8) is 0 Å². The minimum Gasteiger partial charge on any atom is -0.403 e. The molecule has 0 atom stereocenters. The summed E-state index contributed by atoms with van der Waals surface area (Å²) in [5, 5.41) is 0. The molecule has 0 aromatic carbocycles. The fourth-order valence-electron chi connectivity index (χ4n) is 0.372. The predicted molar refractivity (Wildman–Crippen MR) is 31.4 cm³/mol. The quantitative estimate of drug-likeness (QED) is 0.532. The summed E-state index contributed by atoms with van der Waals surface area (Å²) in [4.78, 5) is 0. The van der Waals surface area contributed by atoms with Crippen LogP contribution in [0.15, 0.2) is 11.9 Å². The predicted octanol–water partition coefficient (Wildman–Crippen LogP) is 0.545. The zero-order chi connectivity index (χ0) is 5.70. The van der Waals surface area contributed by atoms with E-state index < -0.39 is 0 Å². The van der Waals surface area contributed by atoms with Crippen LogP contribution in [-0.2, 0) is 0 Å². The topological polar surface area (TPSA) is 52.0 Å². The van der Waals surface area contributed by atoms with E-state index in [2.05, 4.69) is 6.92 Å². The number of nitrogens with two attached hydrogens (primary N) is 2. The molecule has 0 aliphatic heterocycles. The summed E-state index contributed by atoms with van der Waals surface area (Å²) in [7, 11) is 0. The Bertz CT molecular complexity index is 66.5. The Hall–Kier alpha value is -0.660. The standard InChI is InChI=1S/C5H12N2/c1-2-3-5(7)4-6/h4H,2-3,6-7H2,1H3. The normalized spacial score (nSPS) is 11.9. The van der Waals surface area contributed by atoms with Gasteiger partial charge in [-0.25, -0.2) is 0 Å². The molecule has 0 heterocycles. The third-order valence-corrected chi connectivity index (χ3v) is 0.753. The van der Waals surface area contributed by atoms with E-state index in [0.717, 1.165) is 18.5 Å². The number of allylic oxidation sites excluding steroid dienone is 1. The van der Waals surface area contributed by atoms with Gasteiger partial charge in [-0.1, -0.05) is 13.3 Å². The lowest BCUT2D eigenvalue weighted by Crippen LogP contribution is -1.98. The molecule has 0 aliphatic rings. The molecule has 0 saturated heterocycles. The first-order valence-electron chi connectivity index (χ1n) is 2.47. The summed E-state index contributed by atoms with van der Waals surface area (Å²) in [5.41, 5.74) is 11.2. The maximum atomic E-state index is 5.32. The van der Waals surface area contributed by atoms with Crippen LogP contribution in [0.4, 0.5) is 0 Å². The van der Waals surface area contributed by atoms with Gasteiger partial charge in [0.2, 0.25) is 0 Å². The van der Waals surface area contributed by atoms with Gasteiger partial charge in [0.15, 0.2) is 0 Å². The van der Waals surface area contributed by atoms with Gasteiger partial charge in [-0.15, -0.1) is 0 Å². The second kappa shape index (κ2) is 3.53. The van der Waals surface area contributed by atoms with Crippen molar-refractivity contribution < 1.29 is 0 Å². The van der Waals surface area contributed by atoms with Gasteiger partial charge in [0, 0.05) is 11.9 Å². The number of hydrogen-bond acceptors (Lipinski definition) is 2. The lowest BCUT2D eigenvalue weighted by molar-refractivity contribution is 0.888. The zero-order valence-corrected chi connectivity index (χ0v) is 4.65.